The third-order valence-electron chi connectivity index (χ3n) is 3.88. The third-order valence-corrected chi connectivity index (χ3v) is 5.80. The van der Waals surface area contributed by atoms with Crippen molar-refractivity contribution >= 4 is 51.1 Å². The van der Waals surface area contributed by atoms with Crippen molar-refractivity contribution in [2.75, 3.05) is 5.32 Å². The molecule has 0 fully saturated rings. The van der Waals surface area contributed by atoms with Crippen molar-refractivity contribution in [3.8, 4) is 5.82 Å². The topological polar surface area (TPSA) is 88.5 Å². The molecule has 4 aromatic rings. The van der Waals surface area contributed by atoms with Crippen molar-refractivity contribution in [3.05, 3.63) is 61.4 Å². The number of rotatable bonds is 4. The van der Waals surface area contributed by atoms with E-state index in [0.29, 0.717) is 20.8 Å². The highest BCUT2D eigenvalue weighted by atomic mass is 35.5. The third kappa shape index (κ3) is 3.29. The van der Waals surface area contributed by atoms with Gasteiger partial charge in [0, 0.05) is 11.8 Å². The summed E-state index contributed by atoms with van der Waals surface area (Å²) < 4.78 is 16.1. The molecule has 0 spiro atoms. The number of hydrogen-bond acceptors (Lipinski definition) is 6. The summed E-state index contributed by atoms with van der Waals surface area (Å²) in [6.07, 6.45) is 2.77. The lowest BCUT2D eigenvalue weighted by Gasteiger charge is -2.14. The Morgan fingerprint density at radius 3 is 2.85 bits per heavy atom. The van der Waals surface area contributed by atoms with E-state index in [1.54, 1.807) is 12.1 Å². The molecular weight excluding hydrogens is 414 g/mol. The van der Waals surface area contributed by atoms with Crippen LogP contribution in [0.1, 0.15) is 18.0 Å². The summed E-state index contributed by atoms with van der Waals surface area (Å²) in [7, 11) is 0. The monoisotopic (exact) mass is 424 g/mol. The smallest absolute Gasteiger partial charge is 0.267 e. The van der Waals surface area contributed by atoms with Gasteiger partial charge < -0.3 is 5.32 Å². The molecule has 1 atom stereocenters. The van der Waals surface area contributed by atoms with Crippen LogP contribution in [0, 0.1) is 5.82 Å². The number of aromatic amines is 1. The molecule has 2 N–H and O–H groups in total. The molecule has 7 nitrogen and oxygen atoms in total. The van der Waals surface area contributed by atoms with Crippen molar-refractivity contribution in [3.63, 3.8) is 0 Å². The minimum Gasteiger partial charge on any atom is -0.376 e. The van der Waals surface area contributed by atoms with Gasteiger partial charge in [-0.2, -0.15) is 5.10 Å². The molecule has 0 aliphatic carbocycles. The maximum absolute atomic E-state index is 14.5. The molecule has 0 radical (unpaired) electrons. The summed E-state index contributed by atoms with van der Waals surface area (Å²) in [5.41, 5.74) is -0.00898. The summed E-state index contributed by atoms with van der Waals surface area (Å²) in [5, 5.41) is 10.6. The number of hydrogen-bond donors (Lipinski definition) is 2. The molecule has 3 aromatic heterocycles. The predicted octanol–water partition coefficient (Wildman–Crippen LogP) is 4.18. The number of aromatic nitrogens is 5. The summed E-state index contributed by atoms with van der Waals surface area (Å²) in [4.78, 5) is 21.0. The average molecular weight is 425 g/mol. The van der Waals surface area contributed by atoms with Gasteiger partial charge in [-0.25, -0.2) is 14.4 Å². The van der Waals surface area contributed by atoms with Crippen LogP contribution in [0.2, 0.25) is 9.49 Å². The number of nitrogens with zero attached hydrogens (tertiary/aromatic N) is 4. The van der Waals surface area contributed by atoms with E-state index in [0.717, 1.165) is 0 Å². The van der Waals surface area contributed by atoms with E-state index in [2.05, 4.69) is 25.5 Å². The SMILES string of the molecule is C[C@@H](Nc1cc(F)c2ncn(-c3ccn[nH]3)c(=O)c2c1)c1nc(Cl)c(Cl)s1. The molecule has 0 saturated heterocycles. The number of fused-ring (bicyclic) bond motifs is 1. The molecule has 0 saturated carbocycles. The second-order valence-corrected chi connectivity index (χ2v) is 7.69. The second kappa shape index (κ2) is 6.91. The van der Waals surface area contributed by atoms with Crippen molar-refractivity contribution in [2.45, 2.75) is 13.0 Å². The largest absolute Gasteiger partial charge is 0.376 e. The summed E-state index contributed by atoms with van der Waals surface area (Å²) in [5.74, 6) is -0.167. The van der Waals surface area contributed by atoms with Crippen LogP contribution in [-0.4, -0.2) is 24.7 Å². The zero-order valence-electron chi connectivity index (χ0n) is 13.7. The van der Waals surface area contributed by atoms with Gasteiger partial charge in [-0.1, -0.05) is 23.2 Å². The van der Waals surface area contributed by atoms with Crippen LogP contribution < -0.4 is 10.9 Å². The van der Waals surface area contributed by atoms with E-state index < -0.39 is 11.4 Å². The van der Waals surface area contributed by atoms with Gasteiger partial charge in [-0.3, -0.25) is 14.5 Å². The molecule has 3 heterocycles. The standard InChI is InChI=1S/C16H11Cl2FN6OS/c1-7(15-23-13(17)14(18)27-15)22-8-4-9-12(10(19)5-8)20-6-25(16(9)26)11-2-3-21-24-11/h2-7,22H,1H3,(H,21,24)/t7-/m1/s1. The minimum absolute atomic E-state index is 0.00527. The average Bonchev–Trinajstić information content (AvgIpc) is 3.26. The van der Waals surface area contributed by atoms with Gasteiger partial charge in [-0.05, 0) is 19.1 Å². The maximum Gasteiger partial charge on any atom is 0.267 e. The van der Waals surface area contributed by atoms with E-state index in [1.165, 1.54) is 34.5 Å². The molecule has 4 rings (SSSR count). The molecule has 0 unspecified atom stereocenters. The highest BCUT2D eigenvalue weighted by Gasteiger charge is 2.16. The Morgan fingerprint density at radius 1 is 1.37 bits per heavy atom. The molecule has 11 heteroatoms. The molecular formula is C16H11Cl2FN6OS. The van der Waals surface area contributed by atoms with E-state index >= 15 is 0 Å². The van der Waals surface area contributed by atoms with Gasteiger partial charge in [0.15, 0.2) is 11.0 Å². The van der Waals surface area contributed by atoms with Crippen LogP contribution in [0.15, 0.2) is 35.5 Å². The Hall–Kier alpha value is -2.49. The number of benzene rings is 1. The molecule has 0 aliphatic heterocycles. The van der Waals surface area contributed by atoms with Crippen LogP contribution >= 0.6 is 34.5 Å². The van der Waals surface area contributed by atoms with Crippen LogP contribution in [0.25, 0.3) is 16.7 Å². The number of nitrogens with one attached hydrogen (secondary N) is 2. The summed E-state index contributed by atoms with van der Waals surface area (Å²) in [6, 6.07) is 4.16. The first-order valence-corrected chi connectivity index (χ1v) is 9.30. The molecule has 1 aromatic carbocycles. The minimum atomic E-state index is -0.605. The van der Waals surface area contributed by atoms with E-state index in [-0.39, 0.29) is 22.1 Å². The molecule has 0 amide bonds. The number of anilines is 1. The van der Waals surface area contributed by atoms with Gasteiger partial charge in [0.05, 0.1) is 17.6 Å². The van der Waals surface area contributed by atoms with Gasteiger partial charge in [0.25, 0.3) is 5.56 Å². The fraction of sp³-hybridized carbons (Fsp3) is 0.125. The summed E-state index contributed by atoms with van der Waals surface area (Å²) in [6.45, 7) is 1.83. The highest BCUT2D eigenvalue weighted by Crippen LogP contribution is 2.33. The molecule has 138 valence electrons. The van der Waals surface area contributed by atoms with E-state index in [4.69, 9.17) is 23.2 Å². The number of thiazole rings is 1. The fourth-order valence-corrected chi connectivity index (χ4v) is 3.85. The highest BCUT2D eigenvalue weighted by molar-refractivity contribution is 7.16. The lowest BCUT2D eigenvalue weighted by Crippen LogP contribution is -2.20. The maximum atomic E-state index is 14.5. The zero-order valence-corrected chi connectivity index (χ0v) is 16.0. The first kappa shape index (κ1) is 17.9. The normalized spacial score (nSPS) is 12.4. The van der Waals surface area contributed by atoms with Gasteiger partial charge >= 0.3 is 0 Å². The van der Waals surface area contributed by atoms with Gasteiger partial charge in [-0.15, -0.1) is 11.3 Å². The Labute approximate surface area is 165 Å². The molecule has 27 heavy (non-hydrogen) atoms. The van der Waals surface area contributed by atoms with Crippen molar-refractivity contribution in [1.82, 2.24) is 24.7 Å². The van der Waals surface area contributed by atoms with Crippen molar-refractivity contribution in [1.29, 1.82) is 0 Å². The predicted molar refractivity (Wildman–Crippen MR) is 104 cm³/mol. The quantitative estimate of drug-likeness (QED) is 0.512. The number of halogens is 3. The lowest BCUT2D eigenvalue weighted by atomic mass is 10.2. The first-order valence-electron chi connectivity index (χ1n) is 7.73. The Bertz CT molecular complexity index is 1170. The van der Waals surface area contributed by atoms with Crippen LogP contribution in [-0.2, 0) is 0 Å². The Balaban J connectivity index is 1.75. The molecule has 0 bridgehead atoms. The van der Waals surface area contributed by atoms with Gasteiger partial charge in [0.2, 0.25) is 0 Å². The summed E-state index contributed by atoms with van der Waals surface area (Å²) >= 11 is 13.1. The Kier molecular flexibility index (Phi) is 4.58. The van der Waals surface area contributed by atoms with Gasteiger partial charge in [0.1, 0.15) is 27.0 Å². The molecule has 0 aliphatic rings. The first-order chi connectivity index (χ1) is 12.9. The van der Waals surface area contributed by atoms with Crippen LogP contribution in [0.3, 0.4) is 0 Å². The number of H-pyrrole nitrogens is 1. The van der Waals surface area contributed by atoms with Crippen molar-refractivity contribution in [2.24, 2.45) is 0 Å². The van der Waals surface area contributed by atoms with Crippen LogP contribution in [0.4, 0.5) is 10.1 Å². The fourth-order valence-electron chi connectivity index (χ4n) is 2.62. The van der Waals surface area contributed by atoms with Crippen LogP contribution in [0.5, 0.6) is 0 Å². The zero-order chi connectivity index (χ0) is 19.1. The second-order valence-electron chi connectivity index (χ2n) is 5.70. The lowest BCUT2D eigenvalue weighted by molar-refractivity contribution is 0.635. The van der Waals surface area contributed by atoms with E-state index in [1.807, 2.05) is 6.92 Å². The van der Waals surface area contributed by atoms with E-state index in [9.17, 15) is 9.18 Å². The van der Waals surface area contributed by atoms with Crippen molar-refractivity contribution < 1.29 is 4.39 Å². The Morgan fingerprint density at radius 2 is 2.19 bits per heavy atom.